The number of benzene rings is 1. The Labute approximate surface area is 113 Å². The Morgan fingerprint density at radius 3 is 2.68 bits per heavy atom. The molecule has 2 N–H and O–H groups in total. The molecule has 1 aromatic heterocycles. The first-order valence-electron chi connectivity index (χ1n) is 6.75. The second kappa shape index (κ2) is 5.36. The van der Waals surface area contributed by atoms with Crippen LogP contribution in [-0.4, -0.2) is 16.5 Å². The quantitative estimate of drug-likeness (QED) is 0.894. The summed E-state index contributed by atoms with van der Waals surface area (Å²) in [6.07, 6.45) is 7.14. The van der Waals surface area contributed by atoms with Crippen LogP contribution in [0.5, 0.6) is 0 Å². The molecule has 0 radical (unpaired) electrons. The van der Waals surface area contributed by atoms with E-state index in [-0.39, 0.29) is 0 Å². The van der Waals surface area contributed by atoms with Crippen LogP contribution in [-0.2, 0) is 13.0 Å². The van der Waals surface area contributed by atoms with Gasteiger partial charge in [0.25, 0.3) is 0 Å². The fourth-order valence-corrected chi connectivity index (χ4v) is 2.49. The highest BCUT2D eigenvalue weighted by Gasteiger charge is 2.17. The zero-order valence-corrected chi connectivity index (χ0v) is 10.9. The van der Waals surface area contributed by atoms with Gasteiger partial charge in [0.1, 0.15) is 0 Å². The first-order valence-corrected chi connectivity index (χ1v) is 6.75. The van der Waals surface area contributed by atoms with Crippen LogP contribution in [0, 0.1) is 0 Å². The average molecular weight is 254 g/mol. The predicted octanol–water partition coefficient (Wildman–Crippen LogP) is 2.41. The molecular formula is C15H18N4. The summed E-state index contributed by atoms with van der Waals surface area (Å²) >= 11 is 0. The highest BCUT2D eigenvalue weighted by molar-refractivity contribution is 5.62. The normalized spacial score (nSPS) is 14.9. The van der Waals surface area contributed by atoms with Crippen molar-refractivity contribution in [3.05, 3.63) is 47.8 Å². The van der Waals surface area contributed by atoms with Crippen molar-refractivity contribution in [1.29, 1.82) is 0 Å². The van der Waals surface area contributed by atoms with Gasteiger partial charge in [-0.2, -0.15) is 0 Å². The predicted molar refractivity (Wildman–Crippen MR) is 76.3 cm³/mol. The molecule has 2 aromatic rings. The summed E-state index contributed by atoms with van der Waals surface area (Å²) in [5.74, 6) is 0.770. The molecule has 0 bridgehead atoms. The maximum Gasteiger partial charge on any atom is 0.229 e. The van der Waals surface area contributed by atoms with Crippen LogP contribution < -0.4 is 10.6 Å². The van der Waals surface area contributed by atoms with Crippen LogP contribution in [0.25, 0.3) is 0 Å². The van der Waals surface area contributed by atoms with Gasteiger partial charge in [0.2, 0.25) is 5.95 Å². The molecule has 0 fully saturated rings. The van der Waals surface area contributed by atoms with Gasteiger partial charge in [-0.05, 0) is 30.9 Å². The number of aromatic nitrogens is 2. The Morgan fingerprint density at radius 1 is 1.11 bits per heavy atom. The van der Waals surface area contributed by atoms with Crippen molar-refractivity contribution in [2.24, 2.45) is 5.73 Å². The third-order valence-corrected chi connectivity index (χ3v) is 3.53. The zero-order valence-electron chi connectivity index (χ0n) is 10.9. The number of para-hydroxylation sites is 1. The Kier molecular flexibility index (Phi) is 3.42. The van der Waals surface area contributed by atoms with Crippen LogP contribution in [0.4, 0.5) is 11.6 Å². The second-order valence-corrected chi connectivity index (χ2v) is 4.83. The van der Waals surface area contributed by atoms with Crippen LogP contribution in [0.3, 0.4) is 0 Å². The molecule has 0 saturated heterocycles. The third-order valence-electron chi connectivity index (χ3n) is 3.53. The molecule has 0 atom stereocenters. The lowest BCUT2D eigenvalue weighted by atomic mass is 10.1. The molecule has 0 saturated carbocycles. The van der Waals surface area contributed by atoms with Crippen LogP contribution in [0.2, 0.25) is 0 Å². The first-order chi connectivity index (χ1) is 9.38. The summed E-state index contributed by atoms with van der Waals surface area (Å²) in [6, 6.07) is 8.52. The number of fused-ring (bicyclic) bond motifs is 1. The molecule has 0 aliphatic carbocycles. The second-order valence-electron chi connectivity index (χ2n) is 4.83. The molecule has 1 aromatic carbocycles. The van der Waals surface area contributed by atoms with Gasteiger partial charge in [-0.25, -0.2) is 9.97 Å². The SMILES string of the molecule is NCc1cnc(N2CCCCc3ccccc32)nc1. The molecule has 4 nitrogen and oxygen atoms in total. The van der Waals surface area contributed by atoms with Gasteiger partial charge in [0.05, 0.1) is 0 Å². The number of anilines is 2. The van der Waals surface area contributed by atoms with Crippen molar-refractivity contribution < 1.29 is 0 Å². The van der Waals surface area contributed by atoms with Crippen LogP contribution >= 0.6 is 0 Å². The molecule has 2 heterocycles. The lowest BCUT2D eigenvalue weighted by molar-refractivity contribution is 0.752. The van der Waals surface area contributed by atoms with Crippen molar-refractivity contribution in [3.8, 4) is 0 Å². The van der Waals surface area contributed by atoms with E-state index in [4.69, 9.17) is 5.73 Å². The minimum atomic E-state index is 0.483. The third kappa shape index (κ3) is 2.44. The van der Waals surface area contributed by atoms with E-state index < -0.39 is 0 Å². The van der Waals surface area contributed by atoms with Gasteiger partial charge in [0, 0.05) is 36.7 Å². The minimum absolute atomic E-state index is 0.483. The molecular weight excluding hydrogens is 236 g/mol. The monoisotopic (exact) mass is 254 g/mol. The van der Waals surface area contributed by atoms with Gasteiger partial charge in [-0.3, -0.25) is 0 Å². The standard InChI is InChI=1S/C15H18N4/c16-9-12-10-17-15(18-11-12)19-8-4-3-6-13-5-1-2-7-14(13)19/h1-2,5,7,10-11H,3-4,6,8-9,16H2. The molecule has 3 rings (SSSR count). The van der Waals surface area contributed by atoms with E-state index in [1.807, 2.05) is 12.4 Å². The van der Waals surface area contributed by atoms with E-state index in [0.29, 0.717) is 6.54 Å². The van der Waals surface area contributed by atoms with Crippen molar-refractivity contribution in [2.45, 2.75) is 25.8 Å². The number of nitrogens with zero attached hydrogens (tertiary/aromatic N) is 3. The van der Waals surface area contributed by atoms with Crippen LogP contribution in [0.1, 0.15) is 24.0 Å². The molecule has 0 amide bonds. The van der Waals surface area contributed by atoms with E-state index in [1.165, 1.54) is 17.7 Å². The number of hydrogen-bond acceptors (Lipinski definition) is 4. The Bertz CT molecular complexity index is 550. The molecule has 4 heteroatoms. The summed E-state index contributed by atoms with van der Waals surface area (Å²) in [4.78, 5) is 11.1. The fraction of sp³-hybridized carbons (Fsp3) is 0.333. The lowest BCUT2D eigenvalue weighted by Gasteiger charge is -2.22. The maximum absolute atomic E-state index is 5.59. The fourth-order valence-electron chi connectivity index (χ4n) is 2.49. The Balaban J connectivity index is 1.99. The highest BCUT2D eigenvalue weighted by atomic mass is 15.3. The number of aryl methyl sites for hydroxylation is 1. The first kappa shape index (κ1) is 12.1. The van der Waals surface area contributed by atoms with E-state index in [2.05, 4.69) is 39.1 Å². The summed E-state index contributed by atoms with van der Waals surface area (Å²) in [5.41, 5.74) is 9.17. The molecule has 19 heavy (non-hydrogen) atoms. The smallest absolute Gasteiger partial charge is 0.229 e. The average Bonchev–Trinajstić information content (AvgIpc) is 2.70. The summed E-state index contributed by atoms with van der Waals surface area (Å²) < 4.78 is 0. The topological polar surface area (TPSA) is 55.0 Å². The van der Waals surface area contributed by atoms with Gasteiger partial charge in [-0.15, -0.1) is 0 Å². The number of hydrogen-bond donors (Lipinski definition) is 1. The maximum atomic E-state index is 5.59. The highest BCUT2D eigenvalue weighted by Crippen LogP contribution is 2.30. The van der Waals surface area contributed by atoms with Gasteiger partial charge < -0.3 is 10.6 Å². The van der Waals surface area contributed by atoms with Crippen molar-refractivity contribution in [3.63, 3.8) is 0 Å². The Hall–Kier alpha value is -1.94. The van der Waals surface area contributed by atoms with E-state index >= 15 is 0 Å². The lowest BCUT2D eigenvalue weighted by Crippen LogP contribution is -2.20. The zero-order chi connectivity index (χ0) is 13.1. The van der Waals surface area contributed by atoms with Gasteiger partial charge in [0.15, 0.2) is 0 Å². The number of nitrogens with two attached hydrogens (primary N) is 1. The molecule has 98 valence electrons. The van der Waals surface area contributed by atoms with Gasteiger partial charge in [-0.1, -0.05) is 18.2 Å². The summed E-state index contributed by atoms with van der Waals surface area (Å²) in [6.45, 7) is 1.45. The molecule has 1 aliphatic heterocycles. The van der Waals surface area contributed by atoms with E-state index in [0.717, 1.165) is 30.9 Å². The summed E-state index contributed by atoms with van der Waals surface area (Å²) in [7, 11) is 0. The Morgan fingerprint density at radius 2 is 1.89 bits per heavy atom. The summed E-state index contributed by atoms with van der Waals surface area (Å²) in [5, 5.41) is 0. The van der Waals surface area contributed by atoms with Crippen molar-refractivity contribution in [2.75, 3.05) is 11.4 Å². The van der Waals surface area contributed by atoms with Gasteiger partial charge >= 0.3 is 0 Å². The molecule has 1 aliphatic rings. The van der Waals surface area contributed by atoms with E-state index in [9.17, 15) is 0 Å². The molecule has 0 spiro atoms. The van der Waals surface area contributed by atoms with Crippen molar-refractivity contribution >= 4 is 11.6 Å². The largest absolute Gasteiger partial charge is 0.326 e. The van der Waals surface area contributed by atoms with Crippen molar-refractivity contribution in [1.82, 2.24) is 9.97 Å². The molecule has 0 unspecified atom stereocenters. The van der Waals surface area contributed by atoms with E-state index in [1.54, 1.807) is 0 Å². The van der Waals surface area contributed by atoms with Crippen LogP contribution in [0.15, 0.2) is 36.7 Å². The number of rotatable bonds is 2. The minimum Gasteiger partial charge on any atom is -0.326 e.